The number of hydrogen-bond acceptors (Lipinski definition) is 5. The van der Waals surface area contributed by atoms with Crippen molar-refractivity contribution in [2.24, 2.45) is 0 Å². The normalized spacial score (nSPS) is 11.4. The van der Waals surface area contributed by atoms with Crippen LogP contribution in [0.2, 0.25) is 0 Å². The summed E-state index contributed by atoms with van der Waals surface area (Å²) in [6, 6.07) is 3.53. The van der Waals surface area contributed by atoms with E-state index < -0.39 is 17.0 Å². The van der Waals surface area contributed by atoms with Crippen molar-refractivity contribution in [3.8, 4) is 5.75 Å². The lowest BCUT2D eigenvalue weighted by atomic mass is 10.2. The Kier molecular flexibility index (Phi) is 5.43. The van der Waals surface area contributed by atoms with Gasteiger partial charge >= 0.3 is 5.51 Å². The van der Waals surface area contributed by atoms with Gasteiger partial charge in [-0.2, -0.15) is 13.2 Å². The molecule has 1 rings (SSSR count). The predicted octanol–water partition coefficient (Wildman–Crippen LogP) is 2.72. The van der Waals surface area contributed by atoms with Crippen molar-refractivity contribution in [3.05, 3.63) is 33.9 Å². The van der Waals surface area contributed by atoms with Crippen molar-refractivity contribution >= 4 is 17.4 Å². The zero-order chi connectivity index (χ0) is 14.5. The van der Waals surface area contributed by atoms with E-state index in [0.29, 0.717) is 0 Å². The standard InChI is InChI=1S/C10H10F3NO4S/c11-10(12,13)19-4-3-18-9-2-1-8(14(16)17)5-7(9)6-15/h1-2,5,15H,3-4,6H2. The van der Waals surface area contributed by atoms with Gasteiger partial charge < -0.3 is 9.84 Å². The fourth-order valence-electron chi connectivity index (χ4n) is 1.25. The Morgan fingerprint density at radius 3 is 2.63 bits per heavy atom. The van der Waals surface area contributed by atoms with E-state index in [-0.39, 0.29) is 41.1 Å². The highest BCUT2D eigenvalue weighted by Crippen LogP contribution is 2.30. The second-order valence-electron chi connectivity index (χ2n) is 3.35. The van der Waals surface area contributed by atoms with Crippen molar-refractivity contribution in [2.45, 2.75) is 12.1 Å². The van der Waals surface area contributed by atoms with Crippen LogP contribution < -0.4 is 4.74 Å². The first-order valence-corrected chi connectivity index (χ1v) is 6.03. The first-order chi connectivity index (χ1) is 8.83. The van der Waals surface area contributed by atoms with Gasteiger partial charge in [-0.05, 0) is 17.8 Å². The van der Waals surface area contributed by atoms with Gasteiger partial charge in [0.1, 0.15) is 5.75 Å². The van der Waals surface area contributed by atoms with Crippen LogP contribution in [0.4, 0.5) is 18.9 Å². The van der Waals surface area contributed by atoms with Crippen LogP contribution in [0, 0.1) is 10.1 Å². The topological polar surface area (TPSA) is 72.6 Å². The summed E-state index contributed by atoms with van der Waals surface area (Å²) in [5, 5.41) is 19.5. The van der Waals surface area contributed by atoms with Crippen LogP contribution in [0.5, 0.6) is 5.75 Å². The van der Waals surface area contributed by atoms with Gasteiger partial charge in [0.2, 0.25) is 0 Å². The molecule has 0 atom stereocenters. The molecular formula is C10H10F3NO4S. The van der Waals surface area contributed by atoms with E-state index in [2.05, 4.69) is 0 Å². The van der Waals surface area contributed by atoms with Crippen molar-refractivity contribution in [2.75, 3.05) is 12.4 Å². The second-order valence-corrected chi connectivity index (χ2v) is 4.51. The van der Waals surface area contributed by atoms with Gasteiger partial charge in [-0.15, -0.1) is 0 Å². The second kappa shape index (κ2) is 6.62. The number of nitrogens with zero attached hydrogens (tertiary/aromatic N) is 1. The van der Waals surface area contributed by atoms with Crippen molar-refractivity contribution < 1.29 is 27.9 Å². The number of hydrogen-bond donors (Lipinski definition) is 1. The zero-order valence-corrected chi connectivity index (χ0v) is 10.3. The Hall–Kier alpha value is -1.48. The Morgan fingerprint density at radius 1 is 1.42 bits per heavy atom. The first-order valence-electron chi connectivity index (χ1n) is 5.05. The Morgan fingerprint density at radius 2 is 2.11 bits per heavy atom. The molecule has 19 heavy (non-hydrogen) atoms. The number of halogens is 3. The van der Waals surface area contributed by atoms with E-state index in [4.69, 9.17) is 9.84 Å². The van der Waals surface area contributed by atoms with E-state index in [1.165, 1.54) is 6.07 Å². The average Bonchev–Trinajstić information content (AvgIpc) is 2.33. The summed E-state index contributed by atoms with van der Waals surface area (Å²) in [4.78, 5) is 9.87. The maximum Gasteiger partial charge on any atom is 0.441 e. The molecule has 0 spiro atoms. The van der Waals surface area contributed by atoms with Crippen molar-refractivity contribution in [1.29, 1.82) is 0 Å². The highest BCUT2D eigenvalue weighted by atomic mass is 32.2. The highest BCUT2D eigenvalue weighted by Gasteiger charge is 2.27. The number of rotatable bonds is 6. The highest BCUT2D eigenvalue weighted by molar-refractivity contribution is 8.00. The van der Waals surface area contributed by atoms with E-state index in [1.807, 2.05) is 0 Å². The summed E-state index contributed by atoms with van der Waals surface area (Å²) in [7, 11) is 0. The molecule has 0 amide bonds. The number of aliphatic hydroxyl groups excluding tert-OH is 1. The van der Waals surface area contributed by atoms with Crippen LogP contribution in [0.25, 0.3) is 0 Å². The molecule has 0 aliphatic carbocycles. The fraction of sp³-hybridized carbons (Fsp3) is 0.400. The van der Waals surface area contributed by atoms with Gasteiger partial charge in [0.15, 0.2) is 0 Å². The zero-order valence-electron chi connectivity index (χ0n) is 9.51. The minimum atomic E-state index is -4.32. The summed E-state index contributed by atoms with van der Waals surface area (Å²) in [6.45, 7) is -0.710. The minimum absolute atomic E-state index is 0.135. The molecule has 5 nitrogen and oxygen atoms in total. The number of thioether (sulfide) groups is 1. The summed E-state index contributed by atoms with van der Waals surface area (Å²) in [6.07, 6.45) is 0. The quantitative estimate of drug-likeness (QED) is 0.496. The first kappa shape index (κ1) is 15.6. The van der Waals surface area contributed by atoms with Crippen LogP contribution in [-0.2, 0) is 6.61 Å². The molecule has 9 heteroatoms. The number of nitro groups is 1. The SMILES string of the molecule is O=[N+]([O-])c1ccc(OCCSC(F)(F)F)c(CO)c1. The molecule has 0 aromatic heterocycles. The molecule has 0 radical (unpaired) electrons. The molecule has 0 saturated heterocycles. The average molecular weight is 297 g/mol. The maximum absolute atomic E-state index is 11.9. The van der Waals surface area contributed by atoms with Crippen molar-refractivity contribution in [1.82, 2.24) is 0 Å². The van der Waals surface area contributed by atoms with E-state index in [0.717, 1.165) is 12.1 Å². The number of non-ortho nitro benzene ring substituents is 1. The van der Waals surface area contributed by atoms with Gasteiger partial charge in [0.05, 0.1) is 18.1 Å². The molecule has 0 unspecified atom stereocenters. The number of ether oxygens (including phenoxy) is 1. The lowest BCUT2D eigenvalue weighted by Gasteiger charge is -2.10. The molecule has 0 aliphatic heterocycles. The monoisotopic (exact) mass is 297 g/mol. The van der Waals surface area contributed by atoms with E-state index in [9.17, 15) is 23.3 Å². The molecule has 0 aliphatic rings. The van der Waals surface area contributed by atoms with Crippen molar-refractivity contribution in [3.63, 3.8) is 0 Å². The Balaban J connectivity index is 2.61. The summed E-state index contributed by atoms with van der Waals surface area (Å²) in [5.74, 6) is -0.165. The van der Waals surface area contributed by atoms with Crippen LogP contribution >= 0.6 is 11.8 Å². The fourth-order valence-corrected chi connectivity index (χ4v) is 1.65. The van der Waals surface area contributed by atoms with Gasteiger partial charge in [-0.25, -0.2) is 0 Å². The number of benzene rings is 1. The van der Waals surface area contributed by atoms with Gasteiger partial charge in [0.25, 0.3) is 5.69 Å². The molecule has 106 valence electrons. The van der Waals surface area contributed by atoms with Crippen LogP contribution in [0.1, 0.15) is 5.56 Å². The van der Waals surface area contributed by atoms with Gasteiger partial charge in [0, 0.05) is 23.4 Å². The Labute approximate surface area is 110 Å². The molecule has 1 aromatic carbocycles. The third-order valence-electron chi connectivity index (χ3n) is 2.03. The van der Waals surface area contributed by atoms with E-state index >= 15 is 0 Å². The molecule has 1 N–H and O–H groups in total. The summed E-state index contributed by atoms with van der Waals surface area (Å²) >= 11 is -0.221. The molecule has 0 bridgehead atoms. The largest absolute Gasteiger partial charge is 0.492 e. The Bertz CT molecular complexity index is 453. The predicted molar refractivity (Wildman–Crippen MR) is 63.0 cm³/mol. The molecular weight excluding hydrogens is 287 g/mol. The number of aliphatic hydroxyl groups is 1. The molecule has 1 aromatic rings. The molecule has 0 heterocycles. The third-order valence-corrected chi connectivity index (χ3v) is 2.73. The smallest absolute Gasteiger partial charge is 0.441 e. The van der Waals surface area contributed by atoms with Crippen LogP contribution in [0.3, 0.4) is 0 Å². The number of alkyl halides is 3. The van der Waals surface area contributed by atoms with Crippen LogP contribution in [0.15, 0.2) is 18.2 Å². The summed E-state index contributed by atoms with van der Waals surface area (Å²) < 4.78 is 40.6. The molecule has 0 saturated carbocycles. The van der Waals surface area contributed by atoms with Gasteiger partial charge in [-0.1, -0.05) is 0 Å². The molecule has 0 fully saturated rings. The van der Waals surface area contributed by atoms with E-state index in [1.54, 1.807) is 0 Å². The minimum Gasteiger partial charge on any atom is -0.492 e. The van der Waals surface area contributed by atoms with Gasteiger partial charge in [-0.3, -0.25) is 10.1 Å². The lowest BCUT2D eigenvalue weighted by molar-refractivity contribution is -0.385. The van der Waals surface area contributed by atoms with Crippen LogP contribution in [-0.4, -0.2) is 27.9 Å². The number of nitro benzene ring substituents is 1. The maximum atomic E-state index is 11.9. The lowest BCUT2D eigenvalue weighted by Crippen LogP contribution is -2.08. The third kappa shape index (κ3) is 5.35. The summed E-state index contributed by atoms with van der Waals surface area (Å²) in [5.41, 5.74) is -4.38.